The van der Waals surface area contributed by atoms with Gasteiger partial charge in [-0.25, -0.2) is 0 Å². The van der Waals surface area contributed by atoms with Crippen LogP contribution in [0.1, 0.15) is 20.8 Å². The van der Waals surface area contributed by atoms with Crippen LogP contribution < -0.4 is 5.48 Å². The summed E-state index contributed by atoms with van der Waals surface area (Å²) < 4.78 is 0. The largest absolute Gasteiger partial charge is 0.280 e. The molecule has 2 heteroatoms. The lowest BCUT2D eigenvalue weighted by Gasteiger charge is -1.99. The monoisotopic (exact) mass is 141 g/mol. The Labute approximate surface area is 62.5 Å². The van der Waals surface area contributed by atoms with Crippen LogP contribution in [0.3, 0.4) is 0 Å². The number of nitrogens with one attached hydrogen (secondary N) is 1. The van der Waals surface area contributed by atoms with Crippen LogP contribution in [0, 0.1) is 0 Å². The Hall–Kier alpha value is -0.760. The first-order valence-corrected chi connectivity index (χ1v) is 3.27. The fraction of sp³-hybridized carbons (Fsp3) is 0.500. The fourth-order valence-electron chi connectivity index (χ4n) is 0.487. The van der Waals surface area contributed by atoms with Crippen LogP contribution in [-0.4, -0.2) is 7.11 Å². The predicted octanol–water partition coefficient (Wildman–Crippen LogP) is 2.01. The molecule has 0 amide bonds. The SMILES string of the molecule is CON/C(C)=C\C=C(C)C. The zero-order valence-corrected chi connectivity index (χ0v) is 7.06. The van der Waals surface area contributed by atoms with Crippen molar-refractivity contribution in [3.05, 3.63) is 23.4 Å². The van der Waals surface area contributed by atoms with Crippen LogP contribution in [0.5, 0.6) is 0 Å². The summed E-state index contributed by atoms with van der Waals surface area (Å²) in [6.07, 6.45) is 4.00. The normalized spacial score (nSPS) is 11.0. The van der Waals surface area contributed by atoms with Crippen molar-refractivity contribution < 1.29 is 4.84 Å². The zero-order chi connectivity index (χ0) is 7.98. The second kappa shape index (κ2) is 5.06. The summed E-state index contributed by atoms with van der Waals surface area (Å²) in [7, 11) is 1.60. The molecule has 0 radical (unpaired) electrons. The molecule has 0 aromatic heterocycles. The summed E-state index contributed by atoms with van der Waals surface area (Å²) in [5, 5.41) is 0. The van der Waals surface area contributed by atoms with Crippen molar-refractivity contribution in [2.45, 2.75) is 20.8 Å². The quantitative estimate of drug-likeness (QED) is 0.479. The maximum atomic E-state index is 4.69. The third-order valence-electron chi connectivity index (χ3n) is 0.930. The van der Waals surface area contributed by atoms with E-state index in [2.05, 4.69) is 24.2 Å². The van der Waals surface area contributed by atoms with Crippen LogP contribution in [0.25, 0.3) is 0 Å². The van der Waals surface area contributed by atoms with E-state index in [4.69, 9.17) is 0 Å². The Morgan fingerprint density at radius 1 is 1.20 bits per heavy atom. The van der Waals surface area contributed by atoms with Gasteiger partial charge in [-0.1, -0.05) is 11.6 Å². The minimum atomic E-state index is 1.00. The van der Waals surface area contributed by atoms with E-state index in [1.165, 1.54) is 5.57 Å². The molecular weight excluding hydrogens is 126 g/mol. The molecule has 0 aromatic rings. The first-order chi connectivity index (χ1) is 4.66. The highest BCUT2D eigenvalue weighted by molar-refractivity contribution is 5.12. The molecule has 2 nitrogen and oxygen atoms in total. The second-order valence-electron chi connectivity index (χ2n) is 2.40. The lowest BCUT2D eigenvalue weighted by Crippen LogP contribution is -2.07. The van der Waals surface area contributed by atoms with Gasteiger partial charge in [-0.2, -0.15) is 0 Å². The van der Waals surface area contributed by atoms with Gasteiger partial charge >= 0.3 is 0 Å². The van der Waals surface area contributed by atoms with Gasteiger partial charge in [0.15, 0.2) is 0 Å². The molecule has 0 spiro atoms. The Balaban J connectivity index is 3.79. The molecule has 0 atom stereocenters. The number of hydrogen-bond acceptors (Lipinski definition) is 2. The van der Waals surface area contributed by atoms with Gasteiger partial charge in [0.25, 0.3) is 0 Å². The third kappa shape index (κ3) is 5.38. The fourth-order valence-corrected chi connectivity index (χ4v) is 0.487. The van der Waals surface area contributed by atoms with E-state index in [9.17, 15) is 0 Å². The van der Waals surface area contributed by atoms with Gasteiger partial charge in [-0.3, -0.25) is 10.3 Å². The number of hydrogen-bond donors (Lipinski definition) is 1. The molecule has 0 saturated heterocycles. The molecule has 0 aromatic carbocycles. The van der Waals surface area contributed by atoms with Crippen LogP contribution >= 0.6 is 0 Å². The molecular formula is C8H15NO. The molecule has 0 saturated carbocycles. The van der Waals surface area contributed by atoms with Gasteiger partial charge in [-0.15, -0.1) is 0 Å². The molecule has 0 rings (SSSR count). The highest BCUT2D eigenvalue weighted by Gasteiger charge is 1.80. The molecule has 58 valence electrons. The standard InChI is InChI=1S/C8H15NO/c1-7(2)5-6-8(3)9-10-4/h5-6,9H,1-4H3/b8-6-. The topological polar surface area (TPSA) is 21.3 Å². The van der Waals surface area contributed by atoms with Gasteiger partial charge in [0.05, 0.1) is 7.11 Å². The lowest BCUT2D eigenvalue weighted by atomic mass is 10.3. The summed E-state index contributed by atoms with van der Waals surface area (Å²) in [6.45, 7) is 6.05. The van der Waals surface area contributed by atoms with Crippen LogP contribution in [0.15, 0.2) is 23.4 Å². The first kappa shape index (κ1) is 9.24. The van der Waals surface area contributed by atoms with E-state index in [1.807, 2.05) is 19.1 Å². The van der Waals surface area contributed by atoms with Gasteiger partial charge < -0.3 is 0 Å². The van der Waals surface area contributed by atoms with Crippen LogP contribution in [-0.2, 0) is 4.84 Å². The molecule has 0 bridgehead atoms. The van der Waals surface area contributed by atoms with E-state index in [1.54, 1.807) is 7.11 Å². The molecule has 0 aliphatic carbocycles. The number of rotatable bonds is 3. The minimum Gasteiger partial charge on any atom is -0.280 e. The van der Waals surface area contributed by atoms with Crippen molar-refractivity contribution in [2.75, 3.05) is 7.11 Å². The van der Waals surface area contributed by atoms with Crippen LogP contribution in [0.4, 0.5) is 0 Å². The van der Waals surface area contributed by atoms with Crippen molar-refractivity contribution in [1.29, 1.82) is 0 Å². The van der Waals surface area contributed by atoms with E-state index >= 15 is 0 Å². The van der Waals surface area contributed by atoms with E-state index in [0.29, 0.717) is 0 Å². The van der Waals surface area contributed by atoms with Gasteiger partial charge in [0.2, 0.25) is 0 Å². The smallest absolute Gasteiger partial charge is 0.0636 e. The van der Waals surface area contributed by atoms with E-state index < -0.39 is 0 Å². The summed E-state index contributed by atoms with van der Waals surface area (Å²) >= 11 is 0. The highest BCUT2D eigenvalue weighted by atomic mass is 16.6. The molecule has 0 aliphatic rings. The van der Waals surface area contributed by atoms with E-state index in [0.717, 1.165) is 5.70 Å². The lowest BCUT2D eigenvalue weighted by molar-refractivity contribution is 0.118. The molecule has 0 aliphatic heterocycles. The summed E-state index contributed by atoms with van der Waals surface area (Å²) in [5.41, 5.74) is 5.00. The Bertz CT molecular complexity index is 143. The molecule has 0 fully saturated rings. The second-order valence-corrected chi connectivity index (χ2v) is 2.40. The van der Waals surface area contributed by atoms with Crippen molar-refractivity contribution in [2.24, 2.45) is 0 Å². The third-order valence-corrected chi connectivity index (χ3v) is 0.930. The maximum absolute atomic E-state index is 4.69. The van der Waals surface area contributed by atoms with E-state index in [-0.39, 0.29) is 0 Å². The molecule has 10 heavy (non-hydrogen) atoms. The highest BCUT2D eigenvalue weighted by Crippen LogP contribution is 1.92. The molecule has 0 unspecified atom stereocenters. The zero-order valence-electron chi connectivity index (χ0n) is 7.06. The van der Waals surface area contributed by atoms with Gasteiger partial charge in [-0.05, 0) is 26.8 Å². The minimum absolute atomic E-state index is 1.00. The predicted molar refractivity (Wildman–Crippen MR) is 43.3 cm³/mol. The number of hydroxylamine groups is 1. The van der Waals surface area contributed by atoms with Gasteiger partial charge in [0.1, 0.15) is 0 Å². The molecule has 1 N–H and O–H groups in total. The van der Waals surface area contributed by atoms with Crippen LogP contribution in [0.2, 0.25) is 0 Å². The van der Waals surface area contributed by atoms with Gasteiger partial charge in [0, 0.05) is 5.70 Å². The summed E-state index contributed by atoms with van der Waals surface area (Å²) in [6, 6.07) is 0. The Kier molecular flexibility index (Phi) is 4.67. The number of allylic oxidation sites excluding steroid dienone is 4. The Morgan fingerprint density at radius 2 is 1.80 bits per heavy atom. The maximum Gasteiger partial charge on any atom is 0.0636 e. The van der Waals surface area contributed by atoms with Crippen molar-refractivity contribution in [1.82, 2.24) is 5.48 Å². The van der Waals surface area contributed by atoms with Crippen molar-refractivity contribution in [3.8, 4) is 0 Å². The van der Waals surface area contributed by atoms with Crippen molar-refractivity contribution in [3.63, 3.8) is 0 Å². The summed E-state index contributed by atoms with van der Waals surface area (Å²) in [5.74, 6) is 0. The average Bonchev–Trinajstić information content (AvgIpc) is 1.85. The summed E-state index contributed by atoms with van der Waals surface area (Å²) in [4.78, 5) is 4.69. The average molecular weight is 141 g/mol. The first-order valence-electron chi connectivity index (χ1n) is 3.27. The van der Waals surface area contributed by atoms with Crippen molar-refractivity contribution >= 4 is 0 Å². The Morgan fingerprint density at radius 3 is 2.20 bits per heavy atom. The molecule has 0 heterocycles.